The van der Waals surface area contributed by atoms with Crippen molar-refractivity contribution in [3.63, 3.8) is 0 Å². The van der Waals surface area contributed by atoms with Gasteiger partial charge in [-0.15, -0.1) is 0 Å². The van der Waals surface area contributed by atoms with E-state index in [-0.39, 0.29) is 0 Å². The number of rotatable bonds is 21. The van der Waals surface area contributed by atoms with Gasteiger partial charge in [-0.1, -0.05) is 0 Å². The minimum absolute atomic E-state index is 0.452. The van der Waals surface area contributed by atoms with Crippen molar-refractivity contribution in [2.24, 2.45) is 0 Å². The molecule has 0 aliphatic rings. The van der Waals surface area contributed by atoms with Crippen LogP contribution >= 0.6 is 6.83 Å². The van der Waals surface area contributed by atoms with E-state index in [2.05, 4.69) is 6.92 Å². The van der Waals surface area contributed by atoms with Gasteiger partial charge < -0.3 is 0 Å². The average Bonchev–Trinajstić information content (AvgIpc) is 2.89. The molecular weight excluding hydrogens is 542 g/mol. The summed E-state index contributed by atoms with van der Waals surface area (Å²) in [5.41, 5.74) is 0. The van der Waals surface area contributed by atoms with Crippen LogP contribution in [-0.4, -0.2) is 33.1 Å². The van der Waals surface area contributed by atoms with E-state index in [1.54, 1.807) is 0 Å². The van der Waals surface area contributed by atoms with Crippen molar-refractivity contribution in [3.05, 3.63) is 29.1 Å². The van der Waals surface area contributed by atoms with Crippen molar-refractivity contribution in [2.75, 3.05) is 24.6 Å². The summed E-state index contributed by atoms with van der Waals surface area (Å²) in [7, 11) is -5.29. The van der Waals surface area contributed by atoms with Crippen LogP contribution in [0.4, 0.5) is 22.0 Å². The van der Waals surface area contributed by atoms with E-state index in [0.29, 0.717) is 50.3 Å². The summed E-state index contributed by atoms with van der Waals surface area (Å²) in [6.45, 7) is 4.40. The summed E-state index contributed by atoms with van der Waals surface area (Å²) >= 11 is 0. The maximum absolute atomic E-state index is 14.7. The standard InChI is InChI=1S/C28H48F5O3PS/c1-5-9-13-14-15-16-17-18-22-37(19-10-6-2,20-11-7-3,21-12-8-4)36-38(34,35)28-26(32)24(30)23(29)25(31)27(28)33/h5-22H2,1-4H3. The van der Waals surface area contributed by atoms with Gasteiger partial charge in [-0.05, 0) is 0 Å². The summed E-state index contributed by atoms with van der Waals surface area (Å²) in [6, 6.07) is 0. The van der Waals surface area contributed by atoms with E-state index in [1.807, 2.05) is 20.8 Å². The first-order valence-corrected chi connectivity index (χ1v) is 18.7. The Bertz CT molecular complexity index is 918. The molecule has 3 nitrogen and oxygen atoms in total. The second-order valence-electron chi connectivity index (χ2n) is 10.7. The first kappa shape index (κ1) is 35.2. The third kappa shape index (κ3) is 9.40. The summed E-state index contributed by atoms with van der Waals surface area (Å²) < 4.78 is 104. The molecule has 0 heterocycles. The van der Waals surface area contributed by atoms with Gasteiger partial charge in [-0.3, -0.25) is 0 Å². The van der Waals surface area contributed by atoms with Crippen LogP contribution in [0.15, 0.2) is 4.90 Å². The van der Waals surface area contributed by atoms with E-state index >= 15 is 0 Å². The Morgan fingerprint density at radius 3 is 1.21 bits per heavy atom. The van der Waals surface area contributed by atoms with Gasteiger partial charge in [-0.25, -0.2) is 0 Å². The van der Waals surface area contributed by atoms with Gasteiger partial charge in [0.1, 0.15) is 0 Å². The molecular formula is C28H48F5O3PS. The van der Waals surface area contributed by atoms with E-state index < -0.39 is 50.9 Å². The van der Waals surface area contributed by atoms with Gasteiger partial charge in [-0.2, -0.15) is 0 Å². The Morgan fingerprint density at radius 1 is 0.500 bits per heavy atom. The molecule has 0 saturated heterocycles. The number of halogens is 5. The zero-order valence-electron chi connectivity index (χ0n) is 23.7. The van der Waals surface area contributed by atoms with E-state index in [1.165, 1.54) is 12.8 Å². The Labute approximate surface area is 227 Å². The van der Waals surface area contributed by atoms with Gasteiger partial charge in [0.15, 0.2) is 0 Å². The Morgan fingerprint density at radius 2 is 0.816 bits per heavy atom. The Kier molecular flexibility index (Phi) is 15.3. The molecule has 0 amide bonds. The molecule has 0 N–H and O–H groups in total. The number of hydrogen-bond donors (Lipinski definition) is 0. The van der Waals surface area contributed by atoms with Crippen molar-refractivity contribution < 1.29 is 34.3 Å². The molecule has 0 spiro atoms. The molecule has 1 rings (SSSR count). The fourth-order valence-corrected chi connectivity index (χ4v) is 15.3. The predicted octanol–water partition coefficient (Wildman–Crippen LogP) is 10.1. The van der Waals surface area contributed by atoms with Crippen LogP contribution in [0.25, 0.3) is 0 Å². The third-order valence-electron chi connectivity index (χ3n) is 7.54. The summed E-state index contributed by atoms with van der Waals surface area (Å²) in [5, 5.41) is 0. The van der Waals surface area contributed by atoms with Gasteiger partial charge in [0.05, 0.1) is 0 Å². The molecule has 0 saturated carbocycles. The topological polar surface area (TPSA) is 43.4 Å². The first-order chi connectivity index (χ1) is 17.9. The molecule has 0 bridgehead atoms. The number of unbranched alkanes of at least 4 members (excludes halogenated alkanes) is 10. The van der Waals surface area contributed by atoms with Crippen LogP contribution in [0.2, 0.25) is 0 Å². The number of benzene rings is 1. The minimum atomic E-state index is -5.29. The SMILES string of the molecule is CCCCCCCCCCP(CCCC)(CCCC)(CCCC)OS(=O)(=O)c1c(F)c(F)c(F)c(F)c1F. The van der Waals surface area contributed by atoms with Gasteiger partial charge in [0, 0.05) is 0 Å². The fraction of sp³-hybridized carbons (Fsp3) is 0.786. The van der Waals surface area contributed by atoms with Crippen molar-refractivity contribution in [1.82, 2.24) is 0 Å². The molecule has 0 aromatic heterocycles. The van der Waals surface area contributed by atoms with Gasteiger partial charge in [0.2, 0.25) is 0 Å². The predicted molar refractivity (Wildman–Crippen MR) is 148 cm³/mol. The molecule has 224 valence electrons. The van der Waals surface area contributed by atoms with E-state index in [0.717, 1.165) is 51.4 Å². The summed E-state index contributed by atoms with van der Waals surface area (Å²) in [4.78, 5) is -1.87. The van der Waals surface area contributed by atoms with Crippen LogP contribution in [0, 0.1) is 29.1 Å². The molecule has 1 aromatic carbocycles. The Hall–Kier alpha value is -0.790. The molecule has 1 aromatic rings. The van der Waals surface area contributed by atoms with E-state index in [9.17, 15) is 30.4 Å². The molecule has 0 fully saturated rings. The average molecular weight is 591 g/mol. The maximum atomic E-state index is 14.7. The van der Waals surface area contributed by atoms with E-state index in [4.69, 9.17) is 3.97 Å². The Balaban J connectivity index is 3.52. The molecule has 0 radical (unpaired) electrons. The first-order valence-electron chi connectivity index (χ1n) is 14.4. The molecule has 10 heteroatoms. The molecule has 0 atom stereocenters. The van der Waals surface area contributed by atoms with Crippen molar-refractivity contribution in [1.29, 1.82) is 0 Å². The monoisotopic (exact) mass is 590 g/mol. The fourth-order valence-electron chi connectivity index (χ4n) is 5.26. The molecule has 38 heavy (non-hydrogen) atoms. The zero-order valence-corrected chi connectivity index (χ0v) is 25.4. The van der Waals surface area contributed by atoms with Crippen LogP contribution in [0.5, 0.6) is 0 Å². The molecule has 0 unspecified atom stereocenters. The van der Waals surface area contributed by atoms with Crippen LogP contribution < -0.4 is 0 Å². The summed E-state index contributed by atoms with van der Waals surface area (Å²) in [5.74, 6) is -11.7. The normalized spacial score (nSPS) is 13.6. The van der Waals surface area contributed by atoms with Gasteiger partial charge >= 0.3 is 228 Å². The molecule has 0 aliphatic heterocycles. The van der Waals surface area contributed by atoms with Gasteiger partial charge in [0.25, 0.3) is 0 Å². The summed E-state index contributed by atoms with van der Waals surface area (Å²) in [6.07, 6.45) is 14.4. The third-order valence-corrected chi connectivity index (χ3v) is 16.7. The molecule has 0 aliphatic carbocycles. The van der Waals surface area contributed by atoms with Crippen LogP contribution in [0.1, 0.15) is 118 Å². The second-order valence-corrected chi connectivity index (χ2v) is 18.1. The van der Waals surface area contributed by atoms with Crippen molar-refractivity contribution in [3.8, 4) is 0 Å². The van der Waals surface area contributed by atoms with Crippen LogP contribution in [-0.2, 0) is 14.1 Å². The quantitative estimate of drug-likeness (QED) is 0.0470. The zero-order chi connectivity index (χ0) is 28.8. The van der Waals surface area contributed by atoms with Crippen molar-refractivity contribution in [2.45, 2.75) is 122 Å². The van der Waals surface area contributed by atoms with Crippen molar-refractivity contribution >= 4 is 16.9 Å². The second kappa shape index (κ2) is 16.5. The number of hydrogen-bond acceptors (Lipinski definition) is 3. The van der Waals surface area contributed by atoms with Crippen LogP contribution in [0.3, 0.4) is 0 Å².